The number of hydrogen-bond acceptors (Lipinski definition) is 4. The molecular weight excluding hydrogens is 328 g/mol. The Hall–Kier alpha value is -1.89. The van der Waals surface area contributed by atoms with Crippen LogP contribution in [0.25, 0.3) is 0 Å². The summed E-state index contributed by atoms with van der Waals surface area (Å²) in [5.74, 6) is 2.52. The predicted molar refractivity (Wildman–Crippen MR) is 105 cm³/mol. The normalized spacial score (nSPS) is 22.0. The van der Waals surface area contributed by atoms with E-state index in [1.807, 2.05) is 24.6 Å². The molecule has 0 aromatic carbocycles. The number of aliphatic imine (C=N–C) groups is 1. The maximum atomic E-state index is 5.98. The van der Waals surface area contributed by atoms with Crippen LogP contribution in [-0.2, 0) is 18.3 Å². The SMILES string of the molecule is C=CCNC(=NCc1nnc(C)n1C)NC1CC(OCC)C1(CC)CC. The first-order valence-corrected chi connectivity index (χ1v) is 9.64. The summed E-state index contributed by atoms with van der Waals surface area (Å²) in [6, 6.07) is 0.353. The van der Waals surface area contributed by atoms with Gasteiger partial charge < -0.3 is 19.9 Å². The zero-order valence-corrected chi connectivity index (χ0v) is 16.9. The van der Waals surface area contributed by atoms with Crippen molar-refractivity contribution in [3.63, 3.8) is 0 Å². The number of ether oxygens (including phenoxy) is 1. The highest BCUT2D eigenvalue weighted by molar-refractivity contribution is 5.80. The first-order valence-electron chi connectivity index (χ1n) is 9.64. The Morgan fingerprint density at radius 2 is 2.12 bits per heavy atom. The van der Waals surface area contributed by atoms with Crippen LogP contribution in [0.15, 0.2) is 17.6 Å². The van der Waals surface area contributed by atoms with Gasteiger partial charge in [0, 0.05) is 31.7 Å². The average molecular weight is 363 g/mol. The van der Waals surface area contributed by atoms with Gasteiger partial charge >= 0.3 is 0 Å². The van der Waals surface area contributed by atoms with E-state index in [1.54, 1.807) is 0 Å². The van der Waals surface area contributed by atoms with E-state index in [4.69, 9.17) is 9.73 Å². The smallest absolute Gasteiger partial charge is 0.192 e. The van der Waals surface area contributed by atoms with Gasteiger partial charge in [-0.05, 0) is 33.1 Å². The first-order chi connectivity index (χ1) is 12.5. The van der Waals surface area contributed by atoms with Crippen molar-refractivity contribution in [3.8, 4) is 0 Å². The Labute approximate surface area is 157 Å². The van der Waals surface area contributed by atoms with Gasteiger partial charge in [-0.2, -0.15) is 0 Å². The minimum atomic E-state index is 0.161. The van der Waals surface area contributed by atoms with Gasteiger partial charge in [0.25, 0.3) is 0 Å². The fourth-order valence-electron chi connectivity index (χ4n) is 3.81. The van der Waals surface area contributed by atoms with Gasteiger partial charge in [-0.25, -0.2) is 4.99 Å². The van der Waals surface area contributed by atoms with Crippen LogP contribution < -0.4 is 10.6 Å². The highest BCUT2D eigenvalue weighted by Gasteiger charge is 2.53. The molecule has 2 rings (SSSR count). The Balaban J connectivity index is 2.10. The van der Waals surface area contributed by atoms with Gasteiger partial charge in [0.15, 0.2) is 11.8 Å². The van der Waals surface area contributed by atoms with Crippen LogP contribution in [0.5, 0.6) is 0 Å². The molecule has 2 N–H and O–H groups in total. The van der Waals surface area contributed by atoms with Crippen LogP contribution in [0.1, 0.15) is 51.7 Å². The van der Waals surface area contributed by atoms with Crippen molar-refractivity contribution in [2.45, 2.75) is 65.6 Å². The van der Waals surface area contributed by atoms with Crippen LogP contribution in [-0.4, -0.2) is 46.0 Å². The second-order valence-corrected chi connectivity index (χ2v) is 6.87. The topological polar surface area (TPSA) is 76.4 Å². The van der Waals surface area contributed by atoms with Crippen LogP contribution in [0.2, 0.25) is 0 Å². The lowest BCUT2D eigenvalue weighted by molar-refractivity contribution is -0.133. The molecule has 2 atom stereocenters. The van der Waals surface area contributed by atoms with E-state index in [9.17, 15) is 0 Å². The van der Waals surface area contributed by atoms with E-state index in [1.165, 1.54) is 0 Å². The van der Waals surface area contributed by atoms with Crippen LogP contribution in [0.3, 0.4) is 0 Å². The Bertz CT molecular complexity index is 620. The molecule has 146 valence electrons. The van der Waals surface area contributed by atoms with Crippen molar-refractivity contribution >= 4 is 5.96 Å². The average Bonchev–Trinajstić information content (AvgIpc) is 2.95. The quantitative estimate of drug-likeness (QED) is 0.401. The number of nitrogens with zero attached hydrogens (tertiary/aromatic N) is 4. The van der Waals surface area contributed by atoms with Crippen molar-refractivity contribution in [1.29, 1.82) is 0 Å². The first kappa shape index (κ1) is 20.4. The van der Waals surface area contributed by atoms with E-state index in [0.717, 1.165) is 43.5 Å². The van der Waals surface area contributed by atoms with Gasteiger partial charge in [-0.1, -0.05) is 19.9 Å². The fraction of sp³-hybridized carbons (Fsp3) is 0.737. The molecule has 1 fully saturated rings. The fourth-order valence-corrected chi connectivity index (χ4v) is 3.81. The number of aryl methyl sites for hydroxylation is 1. The third-order valence-electron chi connectivity index (χ3n) is 5.76. The molecule has 1 aromatic rings. The molecule has 7 nitrogen and oxygen atoms in total. The summed E-state index contributed by atoms with van der Waals surface area (Å²) in [4.78, 5) is 4.72. The molecule has 7 heteroatoms. The van der Waals surface area contributed by atoms with Gasteiger partial charge in [-0.15, -0.1) is 16.8 Å². The maximum absolute atomic E-state index is 5.98. The van der Waals surface area contributed by atoms with Crippen molar-refractivity contribution in [3.05, 3.63) is 24.3 Å². The number of hydrogen-bond donors (Lipinski definition) is 2. The molecule has 1 saturated carbocycles. The third kappa shape index (κ3) is 4.09. The summed E-state index contributed by atoms with van der Waals surface area (Å²) in [6.07, 6.45) is 5.34. The van der Waals surface area contributed by atoms with Gasteiger partial charge in [0.1, 0.15) is 12.4 Å². The predicted octanol–water partition coefficient (Wildman–Crippen LogP) is 2.33. The number of nitrogens with one attached hydrogen (secondary N) is 2. The molecule has 0 bridgehead atoms. The zero-order valence-electron chi connectivity index (χ0n) is 16.9. The van der Waals surface area contributed by atoms with Crippen LogP contribution in [0, 0.1) is 12.3 Å². The Kier molecular flexibility index (Phi) is 7.20. The van der Waals surface area contributed by atoms with Crippen LogP contribution in [0.4, 0.5) is 0 Å². The largest absolute Gasteiger partial charge is 0.378 e. The monoisotopic (exact) mass is 362 g/mol. The molecule has 0 saturated heterocycles. The standard InChI is InChI=1S/C19H34N6O/c1-7-11-20-18(21-13-17-24-23-14(5)25(17)6)22-15-12-16(26-10-4)19(15,8-2)9-3/h7,15-16H,1,8-13H2,2-6H3,(H2,20,21,22). The van der Waals surface area contributed by atoms with Crippen LogP contribution >= 0.6 is 0 Å². The van der Waals surface area contributed by atoms with Gasteiger partial charge in [0.2, 0.25) is 0 Å². The van der Waals surface area contributed by atoms with Crippen molar-refractivity contribution in [1.82, 2.24) is 25.4 Å². The second kappa shape index (κ2) is 9.16. The van der Waals surface area contributed by atoms with E-state index >= 15 is 0 Å². The molecule has 0 radical (unpaired) electrons. The lowest BCUT2D eigenvalue weighted by atomic mass is 9.58. The minimum Gasteiger partial charge on any atom is -0.378 e. The lowest BCUT2D eigenvalue weighted by Gasteiger charge is -2.55. The summed E-state index contributed by atoms with van der Waals surface area (Å²) in [6.45, 7) is 14.2. The molecule has 1 aliphatic carbocycles. The third-order valence-corrected chi connectivity index (χ3v) is 5.76. The Morgan fingerprint density at radius 1 is 1.38 bits per heavy atom. The van der Waals surface area contributed by atoms with Crippen molar-refractivity contribution in [2.24, 2.45) is 17.5 Å². The number of guanidine groups is 1. The molecule has 0 spiro atoms. The number of aromatic nitrogens is 3. The van der Waals surface area contributed by atoms with Gasteiger partial charge in [0.05, 0.1) is 6.10 Å². The maximum Gasteiger partial charge on any atom is 0.192 e. The molecule has 0 aliphatic heterocycles. The lowest BCUT2D eigenvalue weighted by Crippen LogP contribution is -2.65. The summed E-state index contributed by atoms with van der Waals surface area (Å²) in [5.41, 5.74) is 0.161. The van der Waals surface area contributed by atoms with Crippen molar-refractivity contribution < 1.29 is 4.74 Å². The molecule has 2 unspecified atom stereocenters. The summed E-state index contributed by atoms with van der Waals surface area (Å²) in [7, 11) is 1.96. The van der Waals surface area contributed by atoms with E-state index in [-0.39, 0.29) is 5.41 Å². The van der Waals surface area contributed by atoms with Crippen molar-refractivity contribution in [2.75, 3.05) is 13.2 Å². The zero-order chi connectivity index (χ0) is 19.2. The number of rotatable bonds is 9. The minimum absolute atomic E-state index is 0.161. The van der Waals surface area contributed by atoms with E-state index in [0.29, 0.717) is 25.2 Å². The van der Waals surface area contributed by atoms with E-state index < -0.39 is 0 Å². The summed E-state index contributed by atoms with van der Waals surface area (Å²) < 4.78 is 7.94. The highest BCUT2D eigenvalue weighted by Crippen LogP contribution is 2.48. The molecule has 0 amide bonds. The second-order valence-electron chi connectivity index (χ2n) is 6.87. The molecule has 26 heavy (non-hydrogen) atoms. The Morgan fingerprint density at radius 3 is 2.65 bits per heavy atom. The molecule has 1 aromatic heterocycles. The summed E-state index contributed by atoms with van der Waals surface area (Å²) in [5, 5.41) is 15.2. The van der Waals surface area contributed by atoms with E-state index in [2.05, 4.69) is 48.2 Å². The molecular formula is C19H34N6O. The highest BCUT2D eigenvalue weighted by atomic mass is 16.5. The van der Waals surface area contributed by atoms with Gasteiger partial charge in [-0.3, -0.25) is 0 Å². The summed E-state index contributed by atoms with van der Waals surface area (Å²) >= 11 is 0. The molecule has 1 aliphatic rings. The molecule has 1 heterocycles.